The number of carbonyl (C=O) groups is 2. The van der Waals surface area contributed by atoms with Crippen molar-refractivity contribution in [3.05, 3.63) is 65.5 Å². The van der Waals surface area contributed by atoms with Gasteiger partial charge >= 0.3 is 6.18 Å². The summed E-state index contributed by atoms with van der Waals surface area (Å²) in [6, 6.07) is 11.0. The van der Waals surface area contributed by atoms with Crippen LogP contribution in [0.2, 0.25) is 0 Å². The highest BCUT2D eigenvalue weighted by Gasteiger charge is 2.32. The number of hydrogen-bond acceptors (Lipinski definition) is 4. The summed E-state index contributed by atoms with van der Waals surface area (Å²) in [5.74, 6) is -1.34. The monoisotopic (exact) mass is 506 g/mol. The molecule has 6 nitrogen and oxygen atoms in total. The molecule has 0 spiro atoms. The minimum Gasteiger partial charge on any atom is -0.371 e. The summed E-state index contributed by atoms with van der Waals surface area (Å²) in [5.41, 5.74) is -0.0338. The highest BCUT2D eigenvalue weighted by Crippen LogP contribution is 2.29. The lowest BCUT2D eigenvalue weighted by molar-refractivity contribution is -0.137. The number of benzene rings is 2. The molecule has 2 aliphatic rings. The number of anilines is 1. The Kier molecular flexibility index (Phi) is 8.13. The first-order chi connectivity index (χ1) is 17.2. The van der Waals surface area contributed by atoms with Crippen LogP contribution in [0.3, 0.4) is 0 Å². The van der Waals surface area contributed by atoms with E-state index in [4.69, 9.17) is 0 Å². The fourth-order valence-corrected chi connectivity index (χ4v) is 4.97. The summed E-state index contributed by atoms with van der Waals surface area (Å²) in [6.45, 7) is 3.08. The van der Waals surface area contributed by atoms with Crippen molar-refractivity contribution in [1.29, 1.82) is 0 Å². The van der Waals surface area contributed by atoms with Gasteiger partial charge in [0.25, 0.3) is 5.91 Å². The summed E-state index contributed by atoms with van der Waals surface area (Å²) >= 11 is 0. The second-order valence-electron chi connectivity index (χ2n) is 9.36. The molecular formula is C26H30F4N4O2. The van der Waals surface area contributed by atoms with Crippen LogP contribution in [0.25, 0.3) is 0 Å². The number of carbonyl (C=O) groups excluding carboxylic acids is 2. The third kappa shape index (κ3) is 6.75. The largest absolute Gasteiger partial charge is 0.416 e. The highest BCUT2D eigenvalue weighted by molar-refractivity contribution is 5.96. The van der Waals surface area contributed by atoms with Crippen molar-refractivity contribution in [1.82, 2.24) is 15.5 Å². The molecule has 0 saturated carbocycles. The molecule has 36 heavy (non-hydrogen) atoms. The van der Waals surface area contributed by atoms with E-state index in [1.807, 2.05) is 12.1 Å². The number of nitrogens with zero attached hydrogens (tertiary/aromatic N) is 2. The van der Waals surface area contributed by atoms with Gasteiger partial charge in [0.2, 0.25) is 5.91 Å². The number of likely N-dealkylation sites (tertiary alicyclic amines) is 1. The predicted molar refractivity (Wildman–Crippen MR) is 128 cm³/mol. The summed E-state index contributed by atoms with van der Waals surface area (Å²) in [6.07, 6.45) is -0.697. The van der Waals surface area contributed by atoms with Crippen LogP contribution in [-0.4, -0.2) is 61.5 Å². The number of alkyl halides is 3. The molecule has 2 aromatic rings. The van der Waals surface area contributed by atoms with Gasteiger partial charge in [0, 0.05) is 49.5 Å². The Hall–Kier alpha value is -3.14. The van der Waals surface area contributed by atoms with Crippen LogP contribution < -0.4 is 15.5 Å². The lowest BCUT2D eigenvalue weighted by Crippen LogP contribution is -2.44. The minimum atomic E-state index is -4.54. The molecule has 2 aliphatic heterocycles. The van der Waals surface area contributed by atoms with E-state index >= 15 is 0 Å². The Bertz CT molecular complexity index is 1060. The smallest absolute Gasteiger partial charge is 0.371 e. The Morgan fingerprint density at radius 1 is 0.972 bits per heavy atom. The summed E-state index contributed by atoms with van der Waals surface area (Å²) in [4.78, 5) is 29.2. The molecule has 2 saturated heterocycles. The molecule has 2 aromatic carbocycles. The van der Waals surface area contributed by atoms with Crippen molar-refractivity contribution >= 4 is 17.5 Å². The van der Waals surface area contributed by atoms with Crippen molar-refractivity contribution in [3.8, 4) is 0 Å². The molecule has 2 atom stereocenters. The summed E-state index contributed by atoms with van der Waals surface area (Å²) in [7, 11) is 0. The minimum absolute atomic E-state index is 0.0422. The number of hydrogen-bond donors (Lipinski definition) is 2. The van der Waals surface area contributed by atoms with Crippen LogP contribution in [-0.2, 0) is 11.0 Å². The summed E-state index contributed by atoms with van der Waals surface area (Å²) in [5, 5.41) is 5.32. The van der Waals surface area contributed by atoms with Gasteiger partial charge in [-0.1, -0.05) is 6.07 Å². The molecule has 2 N–H and O–H groups in total. The Morgan fingerprint density at radius 3 is 2.50 bits per heavy atom. The van der Waals surface area contributed by atoms with Gasteiger partial charge in [-0.05, 0) is 68.1 Å². The maximum absolute atomic E-state index is 13.2. The van der Waals surface area contributed by atoms with Gasteiger partial charge in [0.15, 0.2) is 0 Å². The van der Waals surface area contributed by atoms with Crippen molar-refractivity contribution in [3.63, 3.8) is 0 Å². The molecule has 2 heterocycles. The quantitative estimate of drug-likeness (QED) is 0.585. The third-order valence-corrected chi connectivity index (χ3v) is 6.85. The molecule has 2 fully saturated rings. The van der Waals surface area contributed by atoms with Crippen molar-refractivity contribution < 1.29 is 27.2 Å². The molecule has 10 heteroatoms. The zero-order chi connectivity index (χ0) is 25.7. The number of halogens is 4. The normalized spacial score (nSPS) is 21.2. The Morgan fingerprint density at radius 2 is 1.75 bits per heavy atom. The van der Waals surface area contributed by atoms with E-state index < -0.39 is 17.6 Å². The summed E-state index contributed by atoms with van der Waals surface area (Å²) < 4.78 is 51.8. The predicted octanol–water partition coefficient (Wildman–Crippen LogP) is 3.82. The average molecular weight is 507 g/mol. The number of nitrogens with one attached hydrogen (secondary N) is 2. The van der Waals surface area contributed by atoms with Crippen LogP contribution in [0.15, 0.2) is 48.5 Å². The van der Waals surface area contributed by atoms with Gasteiger partial charge < -0.3 is 15.5 Å². The molecule has 194 valence electrons. The first kappa shape index (κ1) is 25.9. The Balaban J connectivity index is 1.21. The van der Waals surface area contributed by atoms with Gasteiger partial charge in [-0.3, -0.25) is 14.5 Å². The lowest BCUT2D eigenvalue weighted by atomic mass is 10.1. The van der Waals surface area contributed by atoms with Crippen molar-refractivity contribution in [2.45, 2.75) is 43.9 Å². The van der Waals surface area contributed by atoms with E-state index in [1.54, 1.807) is 0 Å². The molecule has 0 radical (unpaired) electrons. The molecule has 0 unspecified atom stereocenters. The second-order valence-corrected chi connectivity index (χ2v) is 9.36. The van der Waals surface area contributed by atoms with E-state index in [-0.39, 0.29) is 29.9 Å². The fourth-order valence-electron chi connectivity index (χ4n) is 4.97. The van der Waals surface area contributed by atoms with Gasteiger partial charge in [0.1, 0.15) is 5.82 Å². The molecule has 0 aliphatic carbocycles. The zero-order valence-electron chi connectivity index (χ0n) is 19.9. The molecular weight excluding hydrogens is 476 g/mol. The van der Waals surface area contributed by atoms with Crippen LogP contribution >= 0.6 is 0 Å². The van der Waals surface area contributed by atoms with E-state index in [0.717, 1.165) is 69.2 Å². The first-order valence-corrected chi connectivity index (χ1v) is 12.2. The topological polar surface area (TPSA) is 64.7 Å². The standard InChI is InChI=1S/C26H30F4N4O2/c27-20-6-8-23(9-7-20)33-12-2-5-22(11-14-33)34-13-10-21(17-34)32-24(35)16-31-25(36)18-3-1-4-19(15-18)26(28,29)30/h1,3-4,6-9,15,21-22H,2,5,10-14,16-17H2,(H,31,36)(H,32,35)/t21-,22+/m1/s1. The number of rotatable bonds is 6. The van der Waals surface area contributed by atoms with Gasteiger partial charge in [0.05, 0.1) is 12.1 Å². The van der Waals surface area contributed by atoms with E-state index in [0.29, 0.717) is 12.6 Å². The van der Waals surface area contributed by atoms with Crippen molar-refractivity contribution in [2.24, 2.45) is 0 Å². The Labute approximate surface area is 207 Å². The second kappa shape index (κ2) is 11.3. The molecule has 0 bridgehead atoms. The van der Waals surface area contributed by atoms with Crippen LogP contribution in [0.1, 0.15) is 41.6 Å². The molecule has 2 amide bonds. The average Bonchev–Trinajstić information content (AvgIpc) is 3.17. The zero-order valence-corrected chi connectivity index (χ0v) is 19.9. The lowest BCUT2D eigenvalue weighted by Gasteiger charge is -2.27. The SMILES string of the molecule is O=C(CNC(=O)c1cccc(C(F)(F)F)c1)N[C@@H]1CCN([C@H]2CCCN(c3ccc(F)cc3)CC2)C1. The van der Waals surface area contributed by atoms with Crippen LogP contribution in [0.5, 0.6) is 0 Å². The van der Waals surface area contributed by atoms with Crippen molar-refractivity contribution in [2.75, 3.05) is 37.6 Å². The molecule has 0 aromatic heterocycles. The van der Waals surface area contributed by atoms with Gasteiger partial charge in [-0.25, -0.2) is 4.39 Å². The van der Waals surface area contributed by atoms with Crippen LogP contribution in [0.4, 0.5) is 23.2 Å². The maximum atomic E-state index is 13.2. The van der Waals surface area contributed by atoms with Gasteiger partial charge in [-0.15, -0.1) is 0 Å². The number of amides is 2. The van der Waals surface area contributed by atoms with Crippen LogP contribution in [0, 0.1) is 5.82 Å². The van der Waals surface area contributed by atoms with E-state index in [1.165, 1.54) is 18.2 Å². The third-order valence-electron chi connectivity index (χ3n) is 6.85. The maximum Gasteiger partial charge on any atom is 0.416 e. The highest BCUT2D eigenvalue weighted by atomic mass is 19.4. The van der Waals surface area contributed by atoms with E-state index in [2.05, 4.69) is 20.4 Å². The van der Waals surface area contributed by atoms with E-state index in [9.17, 15) is 27.2 Å². The van der Waals surface area contributed by atoms with Gasteiger partial charge in [-0.2, -0.15) is 13.2 Å². The fraction of sp³-hybridized carbons (Fsp3) is 0.462. The first-order valence-electron chi connectivity index (χ1n) is 12.2. The molecule has 4 rings (SSSR count).